The second kappa shape index (κ2) is 8.20. The number of aromatic nitrogens is 2. The Morgan fingerprint density at radius 1 is 1.12 bits per heavy atom. The van der Waals surface area contributed by atoms with Crippen molar-refractivity contribution < 1.29 is 19.1 Å². The Morgan fingerprint density at radius 2 is 1.68 bits per heavy atom. The van der Waals surface area contributed by atoms with Gasteiger partial charge in [-0.2, -0.15) is 0 Å². The molecule has 2 rings (SSSR count). The van der Waals surface area contributed by atoms with Gasteiger partial charge in [-0.25, -0.2) is 9.59 Å². The molecule has 0 aliphatic carbocycles. The zero-order chi connectivity index (χ0) is 18.4. The van der Waals surface area contributed by atoms with E-state index in [4.69, 9.17) is 21.7 Å². The van der Waals surface area contributed by atoms with Crippen molar-refractivity contribution >= 4 is 24.2 Å². The lowest BCUT2D eigenvalue weighted by atomic mass is 10.1. The van der Waals surface area contributed by atoms with Crippen molar-refractivity contribution in [3.63, 3.8) is 0 Å². The van der Waals surface area contributed by atoms with Crippen molar-refractivity contribution in [1.82, 2.24) is 9.97 Å². The summed E-state index contributed by atoms with van der Waals surface area (Å²) >= 11 is 4.75. The lowest BCUT2D eigenvalue weighted by Crippen LogP contribution is -2.20. The summed E-state index contributed by atoms with van der Waals surface area (Å²) in [4.78, 5) is 39.7. The van der Waals surface area contributed by atoms with E-state index in [1.807, 2.05) is 0 Å². The van der Waals surface area contributed by atoms with Gasteiger partial charge in [0.2, 0.25) is 0 Å². The Bertz CT molecular complexity index is 912. The van der Waals surface area contributed by atoms with Crippen molar-refractivity contribution in [2.24, 2.45) is 0 Å². The first-order valence-corrected chi connectivity index (χ1v) is 7.67. The maximum absolute atomic E-state index is 11.9. The second-order valence-electron chi connectivity index (χ2n) is 5.23. The van der Waals surface area contributed by atoms with E-state index in [0.717, 1.165) is 11.1 Å². The summed E-state index contributed by atoms with van der Waals surface area (Å²) in [6, 6.07) is 6.97. The van der Waals surface area contributed by atoms with Crippen LogP contribution in [0.3, 0.4) is 0 Å². The summed E-state index contributed by atoms with van der Waals surface area (Å²) in [7, 11) is 0. The maximum atomic E-state index is 11.9. The van der Waals surface area contributed by atoms with Gasteiger partial charge in [0.25, 0.3) is 5.56 Å². The lowest BCUT2D eigenvalue weighted by Gasteiger charge is -2.07. The first-order chi connectivity index (χ1) is 11.9. The van der Waals surface area contributed by atoms with Crippen LogP contribution in [-0.4, -0.2) is 21.9 Å². The average molecular weight is 360 g/mol. The highest BCUT2D eigenvalue weighted by Gasteiger charge is 2.12. The van der Waals surface area contributed by atoms with Crippen LogP contribution in [0.15, 0.2) is 47.4 Å². The van der Waals surface area contributed by atoms with E-state index >= 15 is 0 Å². The summed E-state index contributed by atoms with van der Waals surface area (Å²) in [6.45, 7) is 5.21. The van der Waals surface area contributed by atoms with E-state index < -0.39 is 17.5 Å². The molecule has 2 N–H and O–H groups in total. The van der Waals surface area contributed by atoms with Crippen LogP contribution in [0.25, 0.3) is 0 Å². The van der Waals surface area contributed by atoms with Crippen LogP contribution < -0.4 is 5.56 Å². The minimum atomic E-state index is -0.757. The van der Waals surface area contributed by atoms with E-state index in [2.05, 4.69) is 16.5 Å². The molecule has 8 heteroatoms. The van der Waals surface area contributed by atoms with Crippen LogP contribution in [0, 0.1) is 4.77 Å². The van der Waals surface area contributed by atoms with Crippen molar-refractivity contribution in [2.45, 2.75) is 20.1 Å². The zero-order valence-corrected chi connectivity index (χ0v) is 14.3. The van der Waals surface area contributed by atoms with Crippen LogP contribution in [0.1, 0.15) is 28.4 Å². The first kappa shape index (κ1) is 18.3. The summed E-state index contributed by atoms with van der Waals surface area (Å²) in [5.41, 5.74) is 1.08. The third kappa shape index (κ3) is 5.25. The summed E-state index contributed by atoms with van der Waals surface area (Å²) < 4.78 is 10.3. The summed E-state index contributed by atoms with van der Waals surface area (Å²) in [5.74, 6) is -1.21. The molecule has 0 aliphatic heterocycles. The molecule has 0 fully saturated rings. The number of carbonyl (C=O) groups excluding carboxylic acids is 2. The third-order valence-electron chi connectivity index (χ3n) is 3.15. The van der Waals surface area contributed by atoms with Gasteiger partial charge >= 0.3 is 11.9 Å². The zero-order valence-electron chi connectivity index (χ0n) is 13.5. The number of nitrogens with one attached hydrogen (secondary N) is 2. The van der Waals surface area contributed by atoms with Crippen molar-refractivity contribution in [3.05, 3.63) is 74.4 Å². The minimum absolute atomic E-state index is 0.000264. The molecule has 1 heterocycles. The first-order valence-electron chi connectivity index (χ1n) is 7.26. The van der Waals surface area contributed by atoms with Gasteiger partial charge < -0.3 is 14.5 Å². The van der Waals surface area contributed by atoms with Gasteiger partial charge in [-0.3, -0.25) is 9.78 Å². The highest BCUT2D eigenvalue weighted by Crippen LogP contribution is 2.09. The van der Waals surface area contributed by atoms with E-state index in [0.29, 0.717) is 5.57 Å². The molecule has 25 heavy (non-hydrogen) atoms. The Labute approximate surface area is 148 Å². The number of carbonyl (C=O) groups is 2. The van der Waals surface area contributed by atoms with Gasteiger partial charge in [0, 0.05) is 11.8 Å². The number of ether oxygens (including phenoxy) is 2. The quantitative estimate of drug-likeness (QED) is 0.466. The summed E-state index contributed by atoms with van der Waals surface area (Å²) in [5, 5.41) is 0. The summed E-state index contributed by atoms with van der Waals surface area (Å²) in [6.07, 6.45) is 1.21. The van der Waals surface area contributed by atoms with Crippen LogP contribution >= 0.6 is 12.2 Å². The third-order valence-corrected chi connectivity index (χ3v) is 3.37. The van der Waals surface area contributed by atoms with Gasteiger partial charge in [-0.1, -0.05) is 30.8 Å². The van der Waals surface area contributed by atoms with Crippen molar-refractivity contribution in [1.29, 1.82) is 0 Å². The predicted molar refractivity (Wildman–Crippen MR) is 92.4 cm³/mol. The van der Waals surface area contributed by atoms with Crippen molar-refractivity contribution in [2.75, 3.05) is 0 Å². The molecule has 0 saturated heterocycles. The molecule has 0 amide bonds. The fourth-order valence-electron chi connectivity index (χ4n) is 1.79. The van der Waals surface area contributed by atoms with Gasteiger partial charge in [-0.15, -0.1) is 0 Å². The molecule has 0 spiro atoms. The molecule has 130 valence electrons. The molecule has 1 aromatic carbocycles. The van der Waals surface area contributed by atoms with E-state index in [1.165, 1.54) is 6.20 Å². The van der Waals surface area contributed by atoms with Crippen LogP contribution in [-0.2, 0) is 27.5 Å². The molecule has 0 saturated carbocycles. The fourth-order valence-corrected chi connectivity index (χ4v) is 1.94. The standard InChI is InChI=1S/C17H16N2O5S/c1-10(2)15(21)23-8-11-3-5-12(6-4-11)9-24-16(22)13-7-18-17(25)19-14(13)20/h3-7H,1,8-9H2,2H3,(H2,18,19,20,25). The van der Waals surface area contributed by atoms with Crippen LogP contribution in [0.2, 0.25) is 0 Å². The molecular formula is C17H16N2O5S. The van der Waals surface area contributed by atoms with Crippen LogP contribution in [0.4, 0.5) is 0 Å². The number of benzene rings is 1. The topological polar surface area (TPSA) is 101 Å². The van der Waals surface area contributed by atoms with Crippen molar-refractivity contribution in [3.8, 4) is 0 Å². The SMILES string of the molecule is C=C(C)C(=O)OCc1ccc(COC(=O)c2c[nH]c(=S)[nH]c2=O)cc1. The van der Waals surface area contributed by atoms with Crippen LogP contribution in [0.5, 0.6) is 0 Å². The molecule has 0 bridgehead atoms. The smallest absolute Gasteiger partial charge is 0.345 e. The number of H-pyrrole nitrogens is 2. The van der Waals surface area contributed by atoms with E-state index in [1.54, 1.807) is 31.2 Å². The van der Waals surface area contributed by atoms with E-state index in [9.17, 15) is 14.4 Å². The number of aromatic amines is 2. The highest BCUT2D eigenvalue weighted by molar-refractivity contribution is 7.71. The molecule has 0 aliphatic rings. The Kier molecular flexibility index (Phi) is 6.02. The minimum Gasteiger partial charge on any atom is -0.457 e. The van der Waals surface area contributed by atoms with Gasteiger partial charge in [0.1, 0.15) is 18.8 Å². The number of hydrogen-bond acceptors (Lipinski definition) is 6. The lowest BCUT2D eigenvalue weighted by molar-refractivity contribution is -0.140. The second-order valence-corrected chi connectivity index (χ2v) is 5.64. The maximum Gasteiger partial charge on any atom is 0.345 e. The normalized spacial score (nSPS) is 10.1. The van der Waals surface area contributed by atoms with Gasteiger partial charge in [0.05, 0.1) is 0 Å². The molecule has 0 unspecified atom stereocenters. The Hall–Kier alpha value is -3.00. The molecule has 0 radical (unpaired) electrons. The molecule has 7 nitrogen and oxygen atoms in total. The number of hydrogen-bond donors (Lipinski definition) is 2. The predicted octanol–water partition coefficient (Wildman–Crippen LogP) is 2.41. The Morgan fingerprint density at radius 3 is 2.20 bits per heavy atom. The number of rotatable bonds is 6. The van der Waals surface area contributed by atoms with Gasteiger partial charge in [-0.05, 0) is 30.3 Å². The largest absolute Gasteiger partial charge is 0.457 e. The van der Waals surface area contributed by atoms with Gasteiger partial charge in [0.15, 0.2) is 4.77 Å². The molecule has 2 aromatic rings. The molecule has 1 aromatic heterocycles. The van der Waals surface area contributed by atoms with E-state index in [-0.39, 0.29) is 23.5 Å². The monoisotopic (exact) mass is 360 g/mol. The number of esters is 2. The Balaban J connectivity index is 1.92. The average Bonchev–Trinajstić information content (AvgIpc) is 2.58. The molecule has 0 atom stereocenters. The fraction of sp³-hybridized carbons (Fsp3) is 0.176. The highest BCUT2D eigenvalue weighted by atomic mass is 32.1. The molecular weight excluding hydrogens is 344 g/mol.